The van der Waals surface area contributed by atoms with E-state index >= 15 is 0 Å². The van der Waals surface area contributed by atoms with Crippen LogP contribution in [0.15, 0.2) is 0 Å². The first-order chi connectivity index (χ1) is 13.1. The predicted octanol–water partition coefficient (Wildman–Crippen LogP) is 0.120. The van der Waals surface area contributed by atoms with Crippen LogP contribution in [0.1, 0.15) is 26.7 Å². The molecule has 0 rings (SSSR count). The van der Waals surface area contributed by atoms with Crippen molar-refractivity contribution in [1.29, 1.82) is 0 Å². The minimum atomic E-state index is -0.0575. The third-order valence-electron chi connectivity index (χ3n) is 3.19. The van der Waals surface area contributed by atoms with Gasteiger partial charge in [-0.2, -0.15) is 0 Å². The Bertz CT molecular complexity index is 368. The number of hydrogen-bond acceptors (Lipinski definition) is 7. The molecule has 0 atom stereocenters. The second-order valence-corrected chi connectivity index (χ2v) is 5.95. The van der Waals surface area contributed by atoms with Crippen LogP contribution in [0, 0.1) is 0 Å². The summed E-state index contributed by atoms with van der Waals surface area (Å²) in [6.07, 6.45) is 0.802. The number of ether oxygens (including phenoxy) is 5. The fraction of sp³-hybridized carbons (Fsp3) is 0.889. The van der Waals surface area contributed by atoms with Gasteiger partial charge in [-0.15, -0.1) is 0 Å². The zero-order chi connectivity index (χ0) is 20.2. The summed E-state index contributed by atoms with van der Waals surface area (Å²) < 4.78 is 26.2. The largest absolute Gasteiger partial charge is 0.383 e. The van der Waals surface area contributed by atoms with Gasteiger partial charge < -0.3 is 34.3 Å². The maximum absolute atomic E-state index is 11.5. The Kier molecular flexibility index (Phi) is 18.6. The van der Waals surface area contributed by atoms with Crippen LogP contribution < -0.4 is 10.6 Å². The van der Waals surface area contributed by atoms with Gasteiger partial charge >= 0.3 is 0 Å². The van der Waals surface area contributed by atoms with Gasteiger partial charge in [-0.05, 0) is 13.8 Å². The molecular weight excluding hydrogens is 356 g/mol. The third kappa shape index (κ3) is 20.9. The molecule has 9 heteroatoms. The van der Waals surface area contributed by atoms with E-state index in [1.165, 1.54) is 0 Å². The number of carbonyl (C=O) groups is 2. The molecule has 2 amide bonds. The molecule has 0 unspecified atom stereocenters. The van der Waals surface area contributed by atoms with E-state index in [1.54, 1.807) is 7.11 Å². The summed E-state index contributed by atoms with van der Waals surface area (Å²) in [5.41, 5.74) is 0. The van der Waals surface area contributed by atoms with Crippen LogP contribution in [0.25, 0.3) is 0 Å². The molecule has 0 saturated carbocycles. The standard InChI is InChI=1S/C18H36N2O7/c1-16(2)27-11-7-20-18(22)5-9-25-13-15-26-14-12-24-8-4-17(21)19-6-10-23-3/h16H,4-15H2,1-3H3,(H,19,21)(H,20,22). The van der Waals surface area contributed by atoms with Crippen LogP contribution in [-0.4, -0.2) is 91.0 Å². The van der Waals surface area contributed by atoms with Gasteiger partial charge in [0.05, 0.1) is 59.0 Å². The predicted molar refractivity (Wildman–Crippen MR) is 101 cm³/mol. The summed E-state index contributed by atoms with van der Waals surface area (Å²) in [4.78, 5) is 22.9. The van der Waals surface area contributed by atoms with Gasteiger partial charge in [0.25, 0.3) is 0 Å². The fourth-order valence-electron chi connectivity index (χ4n) is 1.83. The number of carbonyl (C=O) groups excluding carboxylic acids is 2. The molecule has 0 saturated heterocycles. The van der Waals surface area contributed by atoms with Gasteiger partial charge in [0.1, 0.15) is 0 Å². The topological polar surface area (TPSA) is 104 Å². The first-order valence-corrected chi connectivity index (χ1v) is 9.43. The zero-order valence-electron chi connectivity index (χ0n) is 16.9. The van der Waals surface area contributed by atoms with E-state index in [1.807, 2.05) is 13.8 Å². The molecule has 0 aromatic carbocycles. The molecule has 0 aliphatic heterocycles. The van der Waals surface area contributed by atoms with Crippen molar-refractivity contribution in [2.24, 2.45) is 0 Å². The van der Waals surface area contributed by atoms with Crippen LogP contribution in [0.3, 0.4) is 0 Å². The summed E-state index contributed by atoms with van der Waals surface area (Å²) in [6, 6.07) is 0. The van der Waals surface area contributed by atoms with E-state index in [9.17, 15) is 9.59 Å². The second kappa shape index (κ2) is 19.5. The highest BCUT2D eigenvalue weighted by Crippen LogP contribution is 1.88. The summed E-state index contributed by atoms with van der Waals surface area (Å²) in [5, 5.41) is 5.48. The molecule has 0 aliphatic carbocycles. The molecule has 0 heterocycles. The van der Waals surface area contributed by atoms with Gasteiger partial charge in [0.2, 0.25) is 11.8 Å². The quantitative estimate of drug-likeness (QED) is 0.301. The monoisotopic (exact) mass is 392 g/mol. The molecule has 0 aromatic heterocycles. The fourth-order valence-corrected chi connectivity index (χ4v) is 1.83. The maximum atomic E-state index is 11.5. The van der Waals surface area contributed by atoms with Gasteiger partial charge in [-0.3, -0.25) is 9.59 Å². The van der Waals surface area contributed by atoms with Gasteiger partial charge in [0.15, 0.2) is 0 Å². The lowest BCUT2D eigenvalue weighted by Gasteiger charge is -2.09. The van der Waals surface area contributed by atoms with Crippen molar-refractivity contribution >= 4 is 11.8 Å². The van der Waals surface area contributed by atoms with Crippen molar-refractivity contribution < 1.29 is 33.3 Å². The third-order valence-corrected chi connectivity index (χ3v) is 3.19. The lowest BCUT2D eigenvalue weighted by molar-refractivity contribution is -0.123. The SMILES string of the molecule is COCCNC(=O)CCOCCOCCOCCC(=O)NCCOC(C)C. The smallest absolute Gasteiger partial charge is 0.222 e. The molecule has 0 spiro atoms. The Morgan fingerprint density at radius 1 is 0.704 bits per heavy atom. The number of hydrogen-bond donors (Lipinski definition) is 2. The Labute approximate surface area is 162 Å². The highest BCUT2D eigenvalue weighted by Gasteiger charge is 2.02. The summed E-state index contributed by atoms with van der Waals surface area (Å²) in [6.45, 7) is 8.36. The normalized spacial score (nSPS) is 11.0. The summed E-state index contributed by atoms with van der Waals surface area (Å²) in [5.74, 6) is -0.110. The van der Waals surface area contributed by atoms with Gasteiger partial charge in [-0.25, -0.2) is 0 Å². The minimum absolute atomic E-state index is 0.0528. The van der Waals surface area contributed by atoms with E-state index in [-0.39, 0.29) is 17.9 Å². The second-order valence-electron chi connectivity index (χ2n) is 5.95. The van der Waals surface area contributed by atoms with E-state index < -0.39 is 0 Å². The van der Waals surface area contributed by atoms with Crippen molar-refractivity contribution in [3.8, 4) is 0 Å². The Morgan fingerprint density at radius 2 is 1.15 bits per heavy atom. The van der Waals surface area contributed by atoms with E-state index in [2.05, 4.69) is 10.6 Å². The van der Waals surface area contributed by atoms with E-state index in [0.29, 0.717) is 78.8 Å². The van der Waals surface area contributed by atoms with Crippen LogP contribution in [0.2, 0.25) is 0 Å². The minimum Gasteiger partial charge on any atom is -0.383 e. The molecule has 9 nitrogen and oxygen atoms in total. The molecule has 0 fully saturated rings. The molecule has 0 radical (unpaired) electrons. The molecular formula is C18H36N2O7. The Balaban J connectivity index is 3.22. The highest BCUT2D eigenvalue weighted by atomic mass is 16.5. The van der Waals surface area contributed by atoms with Crippen LogP contribution >= 0.6 is 0 Å². The van der Waals surface area contributed by atoms with Crippen LogP contribution in [0.5, 0.6) is 0 Å². The molecule has 0 aliphatic rings. The Morgan fingerprint density at radius 3 is 1.59 bits per heavy atom. The number of rotatable bonds is 19. The number of methoxy groups -OCH3 is 1. The van der Waals surface area contributed by atoms with Crippen molar-refractivity contribution in [2.75, 3.05) is 73.1 Å². The summed E-state index contributed by atoms with van der Waals surface area (Å²) >= 11 is 0. The first kappa shape index (κ1) is 25.7. The van der Waals surface area contributed by atoms with Gasteiger partial charge in [-0.1, -0.05) is 0 Å². The molecule has 0 bridgehead atoms. The first-order valence-electron chi connectivity index (χ1n) is 9.43. The maximum Gasteiger partial charge on any atom is 0.222 e. The average Bonchev–Trinajstić information content (AvgIpc) is 2.63. The molecule has 27 heavy (non-hydrogen) atoms. The van der Waals surface area contributed by atoms with Crippen molar-refractivity contribution in [2.45, 2.75) is 32.8 Å². The summed E-state index contributed by atoms with van der Waals surface area (Å²) in [7, 11) is 1.59. The molecule has 0 aromatic rings. The highest BCUT2D eigenvalue weighted by molar-refractivity contribution is 5.76. The molecule has 2 N–H and O–H groups in total. The number of nitrogens with one attached hydrogen (secondary N) is 2. The van der Waals surface area contributed by atoms with Crippen molar-refractivity contribution in [3.05, 3.63) is 0 Å². The number of amides is 2. The van der Waals surface area contributed by atoms with Crippen LogP contribution in [-0.2, 0) is 33.3 Å². The van der Waals surface area contributed by atoms with Crippen molar-refractivity contribution in [3.63, 3.8) is 0 Å². The Hall–Kier alpha value is -1.26. The average molecular weight is 392 g/mol. The zero-order valence-corrected chi connectivity index (χ0v) is 16.9. The lowest BCUT2D eigenvalue weighted by Crippen LogP contribution is -2.28. The van der Waals surface area contributed by atoms with E-state index in [0.717, 1.165) is 0 Å². The van der Waals surface area contributed by atoms with Crippen molar-refractivity contribution in [1.82, 2.24) is 10.6 Å². The lowest BCUT2D eigenvalue weighted by atomic mass is 10.4. The van der Waals surface area contributed by atoms with Gasteiger partial charge in [0, 0.05) is 33.0 Å². The van der Waals surface area contributed by atoms with E-state index in [4.69, 9.17) is 23.7 Å². The van der Waals surface area contributed by atoms with Crippen LogP contribution in [0.4, 0.5) is 0 Å². The molecule has 160 valence electrons.